The fourth-order valence-corrected chi connectivity index (χ4v) is 1.21. The highest BCUT2D eigenvalue weighted by atomic mass is 35.5. The molecule has 0 bridgehead atoms. The average Bonchev–Trinajstić information content (AvgIpc) is 2.15. The predicted molar refractivity (Wildman–Crippen MR) is 47.1 cm³/mol. The van der Waals surface area contributed by atoms with E-state index < -0.39 is 11.3 Å². The van der Waals surface area contributed by atoms with E-state index in [2.05, 4.69) is 0 Å². The van der Waals surface area contributed by atoms with Crippen molar-refractivity contribution in [2.24, 2.45) is 0 Å². The van der Waals surface area contributed by atoms with E-state index in [1.807, 2.05) is 0 Å². The van der Waals surface area contributed by atoms with Crippen LogP contribution in [0.15, 0.2) is 0 Å². The first kappa shape index (κ1) is 10.8. The van der Waals surface area contributed by atoms with E-state index in [9.17, 15) is 4.79 Å². The van der Waals surface area contributed by atoms with Crippen molar-refractivity contribution in [3.63, 3.8) is 0 Å². The molecule has 4 nitrogen and oxygen atoms in total. The third-order valence-corrected chi connectivity index (χ3v) is 2.23. The molecule has 0 aromatic carbocycles. The van der Waals surface area contributed by atoms with Crippen LogP contribution < -0.4 is 0 Å². The predicted octanol–water partition coefficient (Wildman–Crippen LogP) is 0.874. The van der Waals surface area contributed by atoms with E-state index in [1.54, 1.807) is 0 Å². The largest absolute Gasteiger partial charge is 0.480 e. The van der Waals surface area contributed by atoms with Gasteiger partial charge in [0.15, 0.2) is 5.38 Å². The minimum atomic E-state index is -1.03. The van der Waals surface area contributed by atoms with Gasteiger partial charge in [0.25, 0.3) is 0 Å². The van der Waals surface area contributed by atoms with Gasteiger partial charge in [0.2, 0.25) is 0 Å². The Hall–Kier alpha value is -0.320. The van der Waals surface area contributed by atoms with Gasteiger partial charge >= 0.3 is 5.97 Å². The zero-order valence-electron chi connectivity index (χ0n) is 7.24. The number of carboxylic acids is 1. The highest BCUT2D eigenvalue weighted by Gasteiger charge is 2.19. The molecule has 0 aromatic heterocycles. The molecule has 0 saturated carbocycles. The summed E-state index contributed by atoms with van der Waals surface area (Å²) in [6.45, 7) is 1.44. The lowest BCUT2D eigenvalue weighted by molar-refractivity contribution is -0.138. The molecule has 1 atom stereocenters. The van der Waals surface area contributed by atoms with E-state index in [1.165, 1.54) is 0 Å². The lowest BCUT2D eigenvalue weighted by Gasteiger charge is -2.22. The number of aliphatic carboxylic acids is 1. The topological polar surface area (TPSA) is 55.8 Å². The van der Waals surface area contributed by atoms with Gasteiger partial charge in [-0.3, -0.25) is 4.79 Å². The van der Waals surface area contributed by atoms with E-state index >= 15 is 0 Å². The number of rotatable bonds is 4. The number of hydrogen-bond donors (Lipinski definition) is 1. The van der Waals surface area contributed by atoms with Crippen LogP contribution in [0.3, 0.4) is 0 Å². The summed E-state index contributed by atoms with van der Waals surface area (Å²) in [7, 11) is 0. The Labute approximate surface area is 81.8 Å². The van der Waals surface area contributed by atoms with E-state index in [4.69, 9.17) is 26.2 Å². The lowest BCUT2D eigenvalue weighted by atomic mass is 10.1. The standard InChI is InChI=1S/C8H13ClO4/c9-7(8(10)11)5-13-6-1-3-12-4-2-6/h6-7H,1-5H2,(H,10,11). The third-order valence-electron chi connectivity index (χ3n) is 1.91. The van der Waals surface area contributed by atoms with Crippen molar-refractivity contribution in [1.29, 1.82) is 0 Å². The molecular weight excluding hydrogens is 196 g/mol. The van der Waals surface area contributed by atoms with Gasteiger partial charge in [-0.25, -0.2) is 0 Å². The number of carbonyl (C=O) groups is 1. The Kier molecular flexibility index (Phi) is 4.48. The molecule has 76 valence electrons. The van der Waals surface area contributed by atoms with Crippen molar-refractivity contribution in [3.05, 3.63) is 0 Å². The van der Waals surface area contributed by atoms with Gasteiger partial charge in [-0.1, -0.05) is 0 Å². The number of alkyl halides is 1. The molecule has 0 aliphatic carbocycles. The van der Waals surface area contributed by atoms with Gasteiger partial charge in [0.05, 0.1) is 12.7 Å². The normalized spacial score (nSPS) is 21.3. The Balaban J connectivity index is 2.13. The second-order valence-corrected chi connectivity index (χ2v) is 3.48. The highest BCUT2D eigenvalue weighted by Crippen LogP contribution is 2.11. The molecule has 1 heterocycles. The van der Waals surface area contributed by atoms with Gasteiger partial charge in [-0.15, -0.1) is 11.6 Å². The van der Waals surface area contributed by atoms with Gasteiger partial charge < -0.3 is 14.6 Å². The molecule has 0 spiro atoms. The Morgan fingerprint density at radius 1 is 1.62 bits per heavy atom. The molecule has 1 unspecified atom stereocenters. The summed E-state index contributed by atoms with van der Waals surface area (Å²) in [5, 5.41) is 7.53. The Bertz CT molecular complexity index is 168. The van der Waals surface area contributed by atoms with Crippen molar-refractivity contribution in [2.75, 3.05) is 19.8 Å². The van der Waals surface area contributed by atoms with Crippen LogP contribution in [0.2, 0.25) is 0 Å². The average molecular weight is 209 g/mol. The van der Waals surface area contributed by atoms with Gasteiger partial charge in [0.1, 0.15) is 0 Å². The molecule has 1 aliphatic rings. The SMILES string of the molecule is O=C(O)C(Cl)COC1CCOCC1. The molecule has 0 radical (unpaired) electrons. The summed E-state index contributed by atoms with van der Waals surface area (Å²) in [6.07, 6.45) is 1.75. The van der Waals surface area contributed by atoms with Gasteiger partial charge in [-0.2, -0.15) is 0 Å². The second kappa shape index (κ2) is 5.42. The van der Waals surface area contributed by atoms with Crippen LogP contribution >= 0.6 is 11.6 Å². The molecule has 1 fully saturated rings. The Morgan fingerprint density at radius 3 is 2.77 bits per heavy atom. The maximum Gasteiger partial charge on any atom is 0.324 e. The lowest BCUT2D eigenvalue weighted by Crippen LogP contribution is -2.28. The molecule has 0 amide bonds. The summed E-state index contributed by atoms with van der Waals surface area (Å²) in [5.74, 6) is -1.03. The fraction of sp³-hybridized carbons (Fsp3) is 0.875. The van der Waals surface area contributed by atoms with Crippen LogP contribution in [0.25, 0.3) is 0 Å². The van der Waals surface area contributed by atoms with Crippen molar-refractivity contribution < 1.29 is 19.4 Å². The van der Waals surface area contributed by atoms with Crippen LogP contribution in [0, 0.1) is 0 Å². The van der Waals surface area contributed by atoms with Crippen LogP contribution in [-0.2, 0) is 14.3 Å². The number of carboxylic acid groups (broad SMARTS) is 1. The van der Waals surface area contributed by atoms with Crippen LogP contribution in [0.4, 0.5) is 0 Å². The van der Waals surface area contributed by atoms with E-state index in [0.29, 0.717) is 13.2 Å². The van der Waals surface area contributed by atoms with Crippen molar-refractivity contribution >= 4 is 17.6 Å². The summed E-state index contributed by atoms with van der Waals surface area (Å²) < 4.78 is 10.4. The van der Waals surface area contributed by atoms with Crippen molar-refractivity contribution in [1.82, 2.24) is 0 Å². The summed E-state index contributed by atoms with van der Waals surface area (Å²) in [6, 6.07) is 0. The summed E-state index contributed by atoms with van der Waals surface area (Å²) >= 11 is 5.48. The first-order chi connectivity index (χ1) is 6.20. The van der Waals surface area contributed by atoms with E-state index in [0.717, 1.165) is 12.8 Å². The number of ether oxygens (including phenoxy) is 2. The zero-order valence-corrected chi connectivity index (χ0v) is 8.00. The first-order valence-electron chi connectivity index (χ1n) is 4.26. The van der Waals surface area contributed by atoms with E-state index in [-0.39, 0.29) is 12.7 Å². The maximum atomic E-state index is 10.3. The minimum Gasteiger partial charge on any atom is -0.480 e. The minimum absolute atomic E-state index is 0.0710. The molecule has 5 heteroatoms. The quantitative estimate of drug-likeness (QED) is 0.697. The van der Waals surface area contributed by atoms with Gasteiger partial charge in [0, 0.05) is 13.2 Å². The van der Waals surface area contributed by atoms with Gasteiger partial charge in [-0.05, 0) is 12.8 Å². The number of hydrogen-bond acceptors (Lipinski definition) is 3. The Morgan fingerprint density at radius 2 is 2.23 bits per heavy atom. The molecule has 0 aromatic rings. The number of halogens is 1. The summed E-state index contributed by atoms with van der Waals surface area (Å²) in [4.78, 5) is 10.3. The molecular formula is C8H13ClO4. The maximum absolute atomic E-state index is 10.3. The molecule has 1 aliphatic heterocycles. The molecule has 1 N–H and O–H groups in total. The zero-order chi connectivity index (χ0) is 9.68. The first-order valence-corrected chi connectivity index (χ1v) is 4.70. The second-order valence-electron chi connectivity index (χ2n) is 2.95. The van der Waals surface area contributed by atoms with Crippen LogP contribution in [-0.4, -0.2) is 42.4 Å². The summed E-state index contributed by atoms with van der Waals surface area (Å²) in [5.41, 5.74) is 0. The third kappa shape index (κ3) is 3.93. The molecule has 1 rings (SSSR count). The van der Waals surface area contributed by atoms with Crippen LogP contribution in [0.1, 0.15) is 12.8 Å². The van der Waals surface area contributed by atoms with Crippen molar-refractivity contribution in [3.8, 4) is 0 Å². The smallest absolute Gasteiger partial charge is 0.324 e. The fourth-order valence-electron chi connectivity index (χ4n) is 1.13. The highest BCUT2D eigenvalue weighted by molar-refractivity contribution is 6.29. The molecule has 1 saturated heterocycles. The van der Waals surface area contributed by atoms with Crippen LogP contribution in [0.5, 0.6) is 0 Å². The van der Waals surface area contributed by atoms with Crippen molar-refractivity contribution in [2.45, 2.75) is 24.3 Å². The monoisotopic (exact) mass is 208 g/mol. The molecule has 13 heavy (non-hydrogen) atoms.